The molecule has 2 aliphatic rings. The molecule has 0 atom stereocenters. The highest BCUT2D eigenvalue weighted by atomic mass is 16.5. The Morgan fingerprint density at radius 2 is 2.23 bits per heavy atom. The molecule has 72 valence electrons. The maximum absolute atomic E-state index is 9.05. The van der Waals surface area contributed by atoms with Crippen LogP contribution in [-0.4, -0.2) is 23.9 Å². The molecule has 2 rings (SSSR count). The summed E-state index contributed by atoms with van der Waals surface area (Å²) in [6, 6.07) is 0. The monoisotopic (exact) mass is 180 g/mol. The number of hydrogen-bond acceptors (Lipinski definition) is 2. The first-order valence-electron chi connectivity index (χ1n) is 5.00. The van der Waals surface area contributed by atoms with E-state index < -0.39 is 0 Å². The van der Waals surface area contributed by atoms with E-state index in [1.54, 1.807) is 0 Å². The van der Waals surface area contributed by atoms with E-state index in [-0.39, 0.29) is 6.10 Å². The fourth-order valence-electron chi connectivity index (χ4n) is 1.66. The zero-order chi connectivity index (χ0) is 9.10. The molecule has 0 saturated heterocycles. The highest BCUT2D eigenvalue weighted by molar-refractivity contribution is 5.22. The van der Waals surface area contributed by atoms with Crippen LogP contribution >= 0.6 is 0 Å². The second-order valence-corrected chi connectivity index (χ2v) is 3.82. The van der Waals surface area contributed by atoms with Crippen LogP contribution in [0.4, 0.5) is 0 Å². The van der Waals surface area contributed by atoms with Crippen molar-refractivity contribution in [3.05, 3.63) is 23.8 Å². The van der Waals surface area contributed by atoms with Gasteiger partial charge in [0.25, 0.3) is 0 Å². The van der Waals surface area contributed by atoms with Crippen molar-refractivity contribution in [2.75, 3.05) is 6.61 Å². The number of aliphatic hydroxyl groups is 1. The summed E-state index contributed by atoms with van der Waals surface area (Å²) < 4.78 is 5.61. The minimum Gasteiger partial charge on any atom is -0.393 e. The van der Waals surface area contributed by atoms with E-state index >= 15 is 0 Å². The van der Waals surface area contributed by atoms with Gasteiger partial charge in [-0.25, -0.2) is 0 Å². The first kappa shape index (κ1) is 8.97. The maximum atomic E-state index is 9.05. The zero-order valence-corrected chi connectivity index (χ0v) is 7.78. The van der Waals surface area contributed by atoms with Crippen molar-refractivity contribution in [3.8, 4) is 0 Å². The number of aliphatic hydroxyl groups excluding tert-OH is 1. The summed E-state index contributed by atoms with van der Waals surface area (Å²) in [6.45, 7) is 0.716. The van der Waals surface area contributed by atoms with E-state index in [9.17, 15) is 0 Å². The first-order chi connectivity index (χ1) is 6.34. The number of allylic oxidation sites excluding steroid dienone is 2. The highest BCUT2D eigenvalue weighted by Crippen LogP contribution is 2.23. The van der Waals surface area contributed by atoms with Crippen molar-refractivity contribution in [1.82, 2.24) is 0 Å². The van der Waals surface area contributed by atoms with E-state index in [2.05, 4.69) is 18.2 Å². The lowest BCUT2D eigenvalue weighted by Gasteiger charge is -2.31. The molecule has 0 bridgehead atoms. The lowest BCUT2D eigenvalue weighted by molar-refractivity contribution is -0.0631. The van der Waals surface area contributed by atoms with Gasteiger partial charge in [0.15, 0.2) is 0 Å². The average Bonchev–Trinajstić information content (AvgIpc) is 2.12. The third-order valence-electron chi connectivity index (χ3n) is 2.63. The Morgan fingerprint density at radius 1 is 1.38 bits per heavy atom. The minimum atomic E-state index is -0.110. The smallest absolute Gasteiger partial charge is 0.0717 e. The minimum absolute atomic E-state index is 0.110. The molecule has 0 aromatic heterocycles. The van der Waals surface area contributed by atoms with Gasteiger partial charge in [0.2, 0.25) is 0 Å². The molecular formula is C11H16O2. The van der Waals surface area contributed by atoms with Gasteiger partial charge in [-0.05, 0) is 31.3 Å². The fourth-order valence-corrected chi connectivity index (χ4v) is 1.66. The maximum Gasteiger partial charge on any atom is 0.0717 e. The van der Waals surface area contributed by atoms with Crippen molar-refractivity contribution < 1.29 is 9.84 Å². The molecule has 1 fully saturated rings. The van der Waals surface area contributed by atoms with Crippen molar-refractivity contribution in [2.45, 2.75) is 37.9 Å². The normalized spacial score (nSPS) is 32.5. The van der Waals surface area contributed by atoms with Crippen LogP contribution in [0.25, 0.3) is 0 Å². The summed E-state index contributed by atoms with van der Waals surface area (Å²) in [6.07, 6.45) is 10.7. The molecule has 13 heavy (non-hydrogen) atoms. The predicted molar refractivity (Wildman–Crippen MR) is 51.4 cm³/mol. The molecule has 1 N–H and O–H groups in total. The summed E-state index contributed by atoms with van der Waals surface area (Å²) in [5.41, 5.74) is 1.28. The van der Waals surface area contributed by atoms with Crippen molar-refractivity contribution in [2.24, 2.45) is 0 Å². The summed E-state index contributed by atoms with van der Waals surface area (Å²) in [7, 11) is 0. The van der Waals surface area contributed by atoms with Gasteiger partial charge in [0.05, 0.1) is 18.8 Å². The molecule has 2 aliphatic carbocycles. The predicted octanol–water partition coefficient (Wildman–Crippen LogP) is 1.80. The summed E-state index contributed by atoms with van der Waals surface area (Å²) in [5, 5.41) is 9.05. The van der Waals surface area contributed by atoms with Crippen LogP contribution in [0.15, 0.2) is 23.8 Å². The van der Waals surface area contributed by atoms with Gasteiger partial charge in [-0.2, -0.15) is 0 Å². The van der Waals surface area contributed by atoms with E-state index in [1.807, 2.05) is 0 Å². The van der Waals surface area contributed by atoms with Crippen LogP contribution in [0, 0.1) is 0 Å². The van der Waals surface area contributed by atoms with Crippen LogP contribution in [0.5, 0.6) is 0 Å². The summed E-state index contributed by atoms with van der Waals surface area (Å²) in [4.78, 5) is 0. The molecule has 0 amide bonds. The quantitative estimate of drug-likeness (QED) is 0.717. The average molecular weight is 180 g/mol. The molecule has 0 aliphatic heterocycles. The molecule has 0 spiro atoms. The number of rotatable bonds is 3. The third kappa shape index (κ3) is 2.42. The summed E-state index contributed by atoms with van der Waals surface area (Å²) in [5.74, 6) is 0. The van der Waals surface area contributed by atoms with Crippen LogP contribution < -0.4 is 0 Å². The van der Waals surface area contributed by atoms with E-state index in [0.717, 1.165) is 25.7 Å². The Bertz CT molecular complexity index is 224. The topological polar surface area (TPSA) is 29.5 Å². The van der Waals surface area contributed by atoms with Crippen LogP contribution in [0.3, 0.4) is 0 Å². The molecule has 1 saturated carbocycles. The number of hydrogen-bond donors (Lipinski definition) is 1. The molecule has 0 aromatic rings. The third-order valence-corrected chi connectivity index (χ3v) is 2.63. The van der Waals surface area contributed by atoms with Crippen LogP contribution in [-0.2, 0) is 4.74 Å². The van der Waals surface area contributed by atoms with E-state index in [4.69, 9.17) is 9.84 Å². The fraction of sp³-hybridized carbons (Fsp3) is 0.636. The molecule has 0 unspecified atom stereocenters. The first-order valence-corrected chi connectivity index (χ1v) is 5.00. The van der Waals surface area contributed by atoms with Crippen molar-refractivity contribution in [3.63, 3.8) is 0 Å². The van der Waals surface area contributed by atoms with Gasteiger partial charge in [-0.15, -0.1) is 0 Å². The van der Waals surface area contributed by atoms with Crippen LogP contribution in [0.1, 0.15) is 25.7 Å². The van der Waals surface area contributed by atoms with E-state index in [0.29, 0.717) is 12.7 Å². The Hall–Kier alpha value is -0.600. The van der Waals surface area contributed by atoms with Crippen molar-refractivity contribution >= 4 is 0 Å². The highest BCUT2D eigenvalue weighted by Gasteiger charge is 2.27. The Morgan fingerprint density at radius 3 is 2.85 bits per heavy atom. The molecule has 0 aromatic carbocycles. The van der Waals surface area contributed by atoms with E-state index in [1.165, 1.54) is 5.57 Å². The Labute approximate surface area is 78.9 Å². The molecule has 0 heterocycles. The lowest BCUT2D eigenvalue weighted by atomic mass is 9.92. The van der Waals surface area contributed by atoms with Gasteiger partial charge in [-0.1, -0.05) is 18.2 Å². The molecule has 2 heteroatoms. The Balaban J connectivity index is 1.68. The molecule has 2 nitrogen and oxygen atoms in total. The second-order valence-electron chi connectivity index (χ2n) is 3.82. The van der Waals surface area contributed by atoms with Gasteiger partial charge >= 0.3 is 0 Å². The SMILES string of the molecule is OC1CC(OCC2=CCCC=C2)C1. The van der Waals surface area contributed by atoms with Gasteiger partial charge in [0, 0.05) is 0 Å². The second kappa shape index (κ2) is 4.07. The molecule has 0 radical (unpaired) electrons. The summed E-state index contributed by atoms with van der Waals surface area (Å²) >= 11 is 0. The largest absolute Gasteiger partial charge is 0.393 e. The zero-order valence-electron chi connectivity index (χ0n) is 7.78. The Kier molecular flexibility index (Phi) is 2.81. The lowest BCUT2D eigenvalue weighted by Crippen LogP contribution is -2.35. The molecular weight excluding hydrogens is 164 g/mol. The standard InChI is InChI=1S/C11H16O2/c12-10-6-11(7-10)13-8-9-4-2-1-3-5-9/h2,4-5,10-12H,1,3,6-8H2. The van der Waals surface area contributed by atoms with Crippen molar-refractivity contribution in [1.29, 1.82) is 0 Å². The van der Waals surface area contributed by atoms with Gasteiger partial charge < -0.3 is 9.84 Å². The van der Waals surface area contributed by atoms with Crippen LogP contribution in [0.2, 0.25) is 0 Å². The van der Waals surface area contributed by atoms with Gasteiger partial charge in [0.1, 0.15) is 0 Å². The number of ether oxygens (including phenoxy) is 1. The van der Waals surface area contributed by atoms with Gasteiger partial charge in [-0.3, -0.25) is 0 Å².